The summed E-state index contributed by atoms with van der Waals surface area (Å²) in [4.78, 5) is 2.44. The molecule has 2 fully saturated rings. The van der Waals surface area contributed by atoms with Crippen LogP contribution in [0.25, 0.3) is 0 Å². The van der Waals surface area contributed by atoms with Crippen molar-refractivity contribution in [3.63, 3.8) is 0 Å². The lowest BCUT2D eigenvalue weighted by Gasteiger charge is -2.45. The molecule has 2 aliphatic rings. The van der Waals surface area contributed by atoms with Gasteiger partial charge in [-0.25, -0.2) is 0 Å². The van der Waals surface area contributed by atoms with Gasteiger partial charge in [-0.3, -0.25) is 4.90 Å². The fourth-order valence-corrected chi connectivity index (χ4v) is 4.75. The van der Waals surface area contributed by atoms with E-state index >= 15 is 0 Å². The Kier molecular flexibility index (Phi) is 5.15. The van der Waals surface area contributed by atoms with Crippen LogP contribution in [0.3, 0.4) is 0 Å². The van der Waals surface area contributed by atoms with E-state index in [9.17, 15) is 5.11 Å². The molecule has 1 heterocycles. The molecule has 0 radical (unpaired) electrons. The molecule has 2 rings (SSSR count). The molecule has 1 aliphatic heterocycles. The molecular weight excluding hydrogens is 234 g/mol. The number of ether oxygens (including phenoxy) is 1. The van der Waals surface area contributed by atoms with E-state index < -0.39 is 0 Å². The number of hydrogen-bond acceptors (Lipinski definition) is 4. The van der Waals surface area contributed by atoms with Crippen LogP contribution in [0.5, 0.6) is 0 Å². The zero-order valence-electron chi connectivity index (χ0n) is 10.9. The highest BCUT2D eigenvalue weighted by Crippen LogP contribution is 2.42. The van der Waals surface area contributed by atoms with Crippen molar-refractivity contribution in [3.8, 4) is 0 Å². The number of β-amino-alcohol motifs (C(OH)–C–C–N with tert-alkyl or cyclic N) is 1. The number of aliphatic hydroxyl groups excluding tert-OH is 1. The van der Waals surface area contributed by atoms with Gasteiger partial charge in [0.2, 0.25) is 0 Å². The molecule has 100 valence electrons. The van der Waals surface area contributed by atoms with Gasteiger partial charge in [-0.15, -0.1) is 0 Å². The number of aliphatic hydroxyl groups is 1. The van der Waals surface area contributed by atoms with Crippen molar-refractivity contribution in [3.05, 3.63) is 0 Å². The summed E-state index contributed by atoms with van der Waals surface area (Å²) in [5.41, 5.74) is 0. The third-order valence-corrected chi connectivity index (χ3v) is 5.46. The predicted octanol–water partition coefficient (Wildman–Crippen LogP) is 1.75. The van der Waals surface area contributed by atoms with Gasteiger partial charge < -0.3 is 9.84 Å². The first-order chi connectivity index (χ1) is 8.24. The molecule has 3 nitrogen and oxygen atoms in total. The summed E-state index contributed by atoms with van der Waals surface area (Å²) in [6.45, 7) is 3.51. The Balaban J connectivity index is 1.83. The van der Waals surface area contributed by atoms with Crippen molar-refractivity contribution in [1.29, 1.82) is 0 Å². The van der Waals surface area contributed by atoms with Crippen molar-refractivity contribution >= 4 is 11.8 Å². The van der Waals surface area contributed by atoms with Crippen LogP contribution in [0.4, 0.5) is 0 Å². The Morgan fingerprint density at radius 3 is 2.82 bits per heavy atom. The van der Waals surface area contributed by atoms with Crippen LogP contribution in [-0.2, 0) is 4.74 Å². The summed E-state index contributed by atoms with van der Waals surface area (Å²) in [5.74, 6) is 1.22. The highest BCUT2D eigenvalue weighted by molar-refractivity contribution is 8.00. The maximum atomic E-state index is 9.81. The second-order valence-corrected chi connectivity index (χ2v) is 7.00. The molecule has 0 bridgehead atoms. The first kappa shape index (κ1) is 13.7. The Morgan fingerprint density at radius 1 is 1.35 bits per heavy atom. The standard InChI is InChI=1S/C13H25NO2S/c1-16-10-12(15)9-14-7-8-17-13(11-14)5-3-2-4-6-13/h12,15H,2-11H2,1H3/t12-/m0/s1. The Morgan fingerprint density at radius 2 is 2.12 bits per heavy atom. The highest BCUT2D eigenvalue weighted by atomic mass is 32.2. The Bertz CT molecular complexity index is 226. The van der Waals surface area contributed by atoms with Gasteiger partial charge in [-0.2, -0.15) is 11.8 Å². The molecule has 1 saturated carbocycles. The van der Waals surface area contributed by atoms with Gasteiger partial charge in [0, 0.05) is 37.2 Å². The lowest BCUT2D eigenvalue weighted by atomic mass is 9.87. The van der Waals surface area contributed by atoms with Gasteiger partial charge in [-0.05, 0) is 12.8 Å². The van der Waals surface area contributed by atoms with E-state index in [1.54, 1.807) is 7.11 Å². The van der Waals surface area contributed by atoms with E-state index in [1.165, 1.54) is 44.4 Å². The molecular formula is C13H25NO2S. The minimum Gasteiger partial charge on any atom is -0.389 e. The minimum atomic E-state index is -0.330. The third-order valence-electron chi connectivity index (χ3n) is 3.92. The van der Waals surface area contributed by atoms with Crippen molar-refractivity contribution in [1.82, 2.24) is 4.90 Å². The monoisotopic (exact) mass is 259 g/mol. The van der Waals surface area contributed by atoms with E-state index in [1.807, 2.05) is 0 Å². The Hall–Kier alpha value is 0.230. The summed E-state index contributed by atoms with van der Waals surface area (Å²) in [7, 11) is 1.65. The fraction of sp³-hybridized carbons (Fsp3) is 1.00. The van der Waals surface area contributed by atoms with Crippen LogP contribution in [0.1, 0.15) is 32.1 Å². The summed E-state index contributed by atoms with van der Waals surface area (Å²) in [5, 5.41) is 9.81. The second-order valence-electron chi connectivity index (χ2n) is 5.44. The van der Waals surface area contributed by atoms with E-state index in [0.717, 1.165) is 13.1 Å². The van der Waals surface area contributed by atoms with Crippen LogP contribution in [0.2, 0.25) is 0 Å². The van der Waals surface area contributed by atoms with Crippen molar-refractivity contribution in [2.45, 2.75) is 43.0 Å². The van der Waals surface area contributed by atoms with Crippen LogP contribution >= 0.6 is 11.8 Å². The van der Waals surface area contributed by atoms with Crippen LogP contribution in [0.15, 0.2) is 0 Å². The molecule has 17 heavy (non-hydrogen) atoms. The average Bonchev–Trinajstić information content (AvgIpc) is 2.30. The van der Waals surface area contributed by atoms with E-state index in [2.05, 4.69) is 16.7 Å². The quantitative estimate of drug-likeness (QED) is 0.834. The zero-order valence-corrected chi connectivity index (χ0v) is 11.7. The van der Waals surface area contributed by atoms with Gasteiger partial charge in [0.25, 0.3) is 0 Å². The first-order valence-electron chi connectivity index (χ1n) is 6.77. The largest absolute Gasteiger partial charge is 0.389 e. The van der Waals surface area contributed by atoms with Crippen LogP contribution < -0.4 is 0 Å². The summed E-state index contributed by atoms with van der Waals surface area (Å²) in [6.07, 6.45) is 6.60. The normalized spacial score (nSPS) is 27.2. The van der Waals surface area contributed by atoms with E-state index in [0.29, 0.717) is 11.4 Å². The molecule has 0 aromatic rings. The van der Waals surface area contributed by atoms with Gasteiger partial charge >= 0.3 is 0 Å². The van der Waals surface area contributed by atoms with Gasteiger partial charge in [0.15, 0.2) is 0 Å². The average molecular weight is 259 g/mol. The molecule has 0 unspecified atom stereocenters. The first-order valence-corrected chi connectivity index (χ1v) is 7.76. The number of rotatable bonds is 4. The van der Waals surface area contributed by atoms with Gasteiger partial charge in [-0.1, -0.05) is 19.3 Å². The maximum Gasteiger partial charge on any atom is 0.0900 e. The number of hydrogen-bond donors (Lipinski definition) is 1. The topological polar surface area (TPSA) is 32.7 Å². The van der Waals surface area contributed by atoms with E-state index in [-0.39, 0.29) is 6.10 Å². The number of methoxy groups -OCH3 is 1. The maximum absolute atomic E-state index is 9.81. The van der Waals surface area contributed by atoms with E-state index in [4.69, 9.17) is 4.74 Å². The van der Waals surface area contributed by atoms with Gasteiger partial charge in [0.1, 0.15) is 0 Å². The van der Waals surface area contributed by atoms with Crippen LogP contribution in [0, 0.1) is 0 Å². The van der Waals surface area contributed by atoms with Crippen molar-refractivity contribution in [2.24, 2.45) is 0 Å². The second kappa shape index (κ2) is 6.41. The summed E-state index contributed by atoms with van der Waals surface area (Å²) < 4.78 is 5.50. The lowest BCUT2D eigenvalue weighted by Crippen LogP contribution is -2.50. The Labute approximate surface area is 109 Å². The molecule has 0 amide bonds. The molecule has 0 aromatic carbocycles. The lowest BCUT2D eigenvalue weighted by molar-refractivity contribution is 0.0346. The molecule has 1 aliphatic carbocycles. The van der Waals surface area contributed by atoms with Crippen LogP contribution in [-0.4, -0.2) is 60.0 Å². The number of thioether (sulfide) groups is 1. The zero-order chi connectivity index (χ0) is 12.1. The molecule has 1 saturated heterocycles. The fourth-order valence-electron chi connectivity index (χ4n) is 3.12. The molecule has 4 heteroatoms. The summed E-state index contributed by atoms with van der Waals surface area (Å²) in [6, 6.07) is 0. The molecule has 1 N–H and O–H groups in total. The molecule has 0 aromatic heterocycles. The van der Waals surface area contributed by atoms with Crippen molar-refractivity contribution in [2.75, 3.05) is 39.1 Å². The smallest absolute Gasteiger partial charge is 0.0900 e. The summed E-state index contributed by atoms with van der Waals surface area (Å²) >= 11 is 2.18. The molecule has 1 spiro atoms. The SMILES string of the molecule is COC[C@@H](O)CN1CCSC2(CCCCC2)C1. The predicted molar refractivity (Wildman–Crippen MR) is 72.6 cm³/mol. The van der Waals surface area contributed by atoms with Gasteiger partial charge in [0.05, 0.1) is 12.7 Å². The highest BCUT2D eigenvalue weighted by Gasteiger charge is 2.37. The van der Waals surface area contributed by atoms with Crippen molar-refractivity contribution < 1.29 is 9.84 Å². The minimum absolute atomic E-state index is 0.330. The molecule has 1 atom stereocenters. The number of nitrogens with zero attached hydrogens (tertiary/aromatic N) is 1. The third kappa shape index (κ3) is 3.85.